The molecule has 2 atom stereocenters. The molecule has 0 aliphatic heterocycles. The summed E-state index contributed by atoms with van der Waals surface area (Å²) in [6.07, 6.45) is 3.44. The summed E-state index contributed by atoms with van der Waals surface area (Å²) in [6, 6.07) is 8.16. The minimum Gasteiger partial charge on any atom is -0.354 e. The van der Waals surface area contributed by atoms with Gasteiger partial charge in [0, 0.05) is 12.0 Å². The highest BCUT2D eigenvalue weighted by Gasteiger charge is 2.32. The molecule has 1 aliphatic carbocycles. The first-order valence-electron chi connectivity index (χ1n) is 7.56. The number of fused-ring (bicyclic) bond motifs is 1. The Morgan fingerprint density at radius 1 is 1.40 bits per heavy atom. The minimum atomic E-state index is -0.419. The molecule has 0 heterocycles. The molecular formula is C17H26N2O. The normalized spacial score (nSPS) is 23.2. The first kappa shape index (κ1) is 15.0. The third-order valence-electron chi connectivity index (χ3n) is 4.52. The van der Waals surface area contributed by atoms with Crippen molar-refractivity contribution in [3.05, 3.63) is 35.4 Å². The number of rotatable bonds is 4. The SMILES string of the molecule is CC(C)[C@H](N)C(=O)NCC1(C)CCCc2ccccc21. The van der Waals surface area contributed by atoms with Crippen LogP contribution in [0.15, 0.2) is 24.3 Å². The molecule has 3 N–H and O–H groups in total. The molecule has 1 aliphatic rings. The van der Waals surface area contributed by atoms with E-state index in [0.717, 1.165) is 12.8 Å². The van der Waals surface area contributed by atoms with Crippen LogP contribution in [0.25, 0.3) is 0 Å². The van der Waals surface area contributed by atoms with Gasteiger partial charge in [-0.1, -0.05) is 45.0 Å². The van der Waals surface area contributed by atoms with Crippen molar-refractivity contribution >= 4 is 5.91 Å². The fourth-order valence-corrected chi connectivity index (χ4v) is 3.02. The predicted octanol–water partition coefficient (Wildman–Crippen LogP) is 2.38. The molecule has 1 aromatic rings. The molecule has 0 saturated heterocycles. The summed E-state index contributed by atoms with van der Waals surface area (Å²) in [5.41, 5.74) is 8.73. The van der Waals surface area contributed by atoms with Crippen molar-refractivity contribution in [1.29, 1.82) is 0 Å². The van der Waals surface area contributed by atoms with Gasteiger partial charge in [-0.3, -0.25) is 4.79 Å². The third-order valence-corrected chi connectivity index (χ3v) is 4.52. The maximum Gasteiger partial charge on any atom is 0.237 e. The second kappa shape index (κ2) is 5.96. The van der Waals surface area contributed by atoms with Crippen LogP contribution in [-0.2, 0) is 16.6 Å². The molecule has 1 amide bonds. The molecule has 0 spiro atoms. The van der Waals surface area contributed by atoms with Crippen molar-refractivity contribution < 1.29 is 4.79 Å². The van der Waals surface area contributed by atoms with E-state index in [0.29, 0.717) is 6.54 Å². The van der Waals surface area contributed by atoms with E-state index in [4.69, 9.17) is 5.73 Å². The van der Waals surface area contributed by atoms with Gasteiger partial charge < -0.3 is 11.1 Å². The quantitative estimate of drug-likeness (QED) is 0.885. The van der Waals surface area contributed by atoms with Gasteiger partial charge in [0.25, 0.3) is 0 Å². The van der Waals surface area contributed by atoms with Crippen LogP contribution in [0.4, 0.5) is 0 Å². The molecule has 3 heteroatoms. The Balaban J connectivity index is 2.08. The molecule has 1 aromatic carbocycles. The van der Waals surface area contributed by atoms with Crippen molar-refractivity contribution in [2.75, 3.05) is 6.54 Å². The summed E-state index contributed by atoms with van der Waals surface area (Å²) in [5, 5.41) is 3.05. The van der Waals surface area contributed by atoms with E-state index in [-0.39, 0.29) is 17.2 Å². The zero-order valence-electron chi connectivity index (χ0n) is 12.8. The highest BCUT2D eigenvalue weighted by Crippen LogP contribution is 2.36. The molecule has 0 bridgehead atoms. The second-order valence-corrected chi connectivity index (χ2v) is 6.56. The molecule has 0 aromatic heterocycles. The van der Waals surface area contributed by atoms with E-state index in [1.54, 1.807) is 0 Å². The van der Waals surface area contributed by atoms with Crippen molar-refractivity contribution in [1.82, 2.24) is 5.32 Å². The van der Waals surface area contributed by atoms with Gasteiger partial charge in [0.15, 0.2) is 0 Å². The third kappa shape index (κ3) is 3.04. The van der Waals surface area contributed by atoms with E-state index >= 15 is 0 Å². The number of hydrogen-bond acceptors (Lipinski definition) is 2. The Kier molecular flexibility index (Phi) is 4.48. The number of carbonyl (C=O) groups is 1. The summed E-state index contributed by atoms with van der Waals surface area (Å²) in [6.45, 7) is 6.86. The van der Waals surface area contributed by atoms with E-state index in [2.05, 4.69) is 36.5 Å². The van der Waals surface area contributed by atoms with Crippen molar-refractivity contribution in [3.8, 4) is 0 Å². The molecule has 3 nitrogen and oxygen atoms in total. The van der Waals surface area contributed by atoms with E-state index in [1.807, 2.05) is 13.8 Å². The number of carbonyl (C=O) groups excluding carboxylic acids is 1. The monoisotopic (exact) mass is 274 g/mol. The number of aryl methyl sites for hydroxylation is 1. The average Bonchev–Trinajstić information content (AvgIpc) is 2.44. The van der Waals surface area contributed by atoms with Gasteiger partial charge in [-0.2, -0.15) is 0 Å². The van der Waals surface area contributed by atoms with Gasteiger partial charge in [-0.05, 0) is 36.3 Å². The summed E-state index contributed by atoms with van der Waals surface area (Å²) >= 11 is 0. The Labute approximate surface area is 121 Å². The summed E-state index contributed by atoms with van der Waals surface area (Å²) in [5.74, 6) is 0.130. The zero-order valence-corrected chi connectivity index (χ0v) is 12.8. The lowest BCUT2D eigenvalue weighted by molar-refractivity contribution is -0.123. The van der Waals surface area contributed by atoms with Crippen molar-refractivity contribution in [2.45, 2.75) is 51.5 Å². The molecule has 110 valence electrons. The number of hydrogen-bond donors (Lipinski definition) is 2. The number of nitrogens with two attached hydrogens (primary N) is 1. The predicted molar refractivity (Wildman–Crippen MR) is 82.6 cm³/mol. The van der Waals surface area contributed by atoms with Crippen LogP contribution >= 0.6 is 0 Å². The van der Waals surface area contributed by atoms with E-state index in [9.17, 15) is 4.79 Å². The van der Waals surface area contributed by atoms with Crippen LogP contribution in [0.1, 0.15) is 44.7 Å². The molecule has 20 heavy (non-hydrogen) atoms. The van der Waals surface area contributed by atoms with Crippen LogP contribution in [0.2, 0.25) is 0 Å². The number of nitrogens with one attached hydrogen (secondary N) is 1. The van der Waals surface area contributed by atoms with Crippen LogP contribution in [-0.4, -0.2) is 18.5 Å². The van der Waals surface area contributed by atoms with Crippen LogP contribution in [0.3, 0.4) is 0 Å². The highest BCUT2D eigenvalue weighted by atomic mass is 16.2. The zero-order chi connectivity index (χ0) is 14.8. The largest absolute Gasteiger partial charge is 0.354 e. The Hall–Kier alpha value is -1.35. The molecular weight excluding hydrogens is 248 g/mol. The Morgan fingerprint density at radius 2 is 2.10 bits per heavy atom. The lowest BCUT2D eigenvalue weighted by Gasteiger charge is -2.36. The van der Waals surface area contributed by atoms with Crippen LogP contribution in [0, 0.1) is 5.92 Å². The standard InChI is InChI=1S/C17H26N2O/c1-12(2)15(18)16(20)19-11-17(3)10-6-8-13-7-4-5-9-14(13)17/h4-5,7,9,12,15H,6,8,10-11,18H2,1-3H3,(H,19,20)/t15-,17?/m0/s1. The number of benzene rings is 1. The van der Waals surface area contributed by atoms with Crippen LogP contribution in [0.5, 0.6) is 0 Å². The van der Waals surface area contributed by atoms with E-state index < -0.39 is 6.04 Å². The smallest absolute Gasteiger partial charge is 0.237 e. The fourth-order valence-electron chi connectivity index (χ4n) is 3.02. The second-order valence-electron chi connectivity index (χ2n) is 6.56. The Morgan fingerprint density at radius 3 is 2.80 bits per heavy atom. The summed E-state index contributed by atoms with van der Waals surface area (Å²) in [4.78, 5) is 12.0. The van der Waals surface area contributed by atoms with Crippen molar-refractivity contribution in [2.24, 2.45) is 11.7 Å². The van der Waals surface area contributed by atoms with Crippen molar-refractivity contribution in [3.63, 3.8) is 0 Å². The van der Waals surface area contributed by atoms with Crippen LogP contribution < -0.4 is 11.1 Å². The summed E-state index contributed by atoms with van der Waals surface area (Å²) < 4.78 is 0. The molecule has 2 rings (SSSR count). The minimum absolute atomic E-state index is 0.0290. The number of amides is 1. The van der Waals surface area contributed by atoms with Gasteiger partial charge >= 0.3 is 0 Å². The average molecular weight is 274 g/mol. The molecule has 0 saturated carbocycles. The topological polar surface area (TPSA) is 55.1 Å². The summed E-state index contributed by atoms with van der Waals surface area (Å²) in [7, 11) is 0. The van der Waals surface area contributed by atoms with Gasteiger partial charge in [0.1, 0.15) is 0 Å². The molecule has 0 radical (unpaired) electrons. The Bertz CT molecular complexity index is 484. The van der Waals surface area contributed by atoms with E-state index in [1.165, 1.54) is 17.5 Å². The van der Waals surface area contributed by atoms with Gasteiger partial charge in [-0.25, -0.2) is 0 Å². The molecule has 1 unspecified atom stereocenters. The van der Waals surface area contributed by atoms with Gasteiger partial charge in [-0.15, -0.1) is 0 Å². The lowest BCUT2D eigenvalue weighted by atomic mass is 9.71. The van der Waals surface area contributed by atoms with Gasteiger partial charge in [0.2, 0.25) is 5.91 Å². The first-order valence-corrected chi connectivity index (χ1v) is 7.56. The maximum absolute atomic E-state index is 12.0. The lowest BCUT2D eigenvalue weighted by Crippen LogP contribution is -2.48. The van der Waals surface area contributed by atoms with Gasteiger partial charge in [0.05, 0.1) is 6.04 Å². The maximum atomic E-state index is 12.0. The molecule has 0 fully saturated rings. The fraction of sp³-hybridized carbons (Fsp3) is 0.588. The first-order chi connectivity index (χ1) is 9.44. The highest BCUT2D eigenvalue weighted by molar-refractivity contribution is 5.81.